The molecule has 0 spiro atoms. The zero-order valence-corrected chi connectivity index (χ0v) is 14.8. The van der Waals surface area contributed by atoms with E-state index in [9.17, 15) is 4.79 Å². The first kappa shape index (κ1) is 17.0. The monoisotopic (exact) mass is 345 g/mol. The topological polar surface area (TPSA) is 68.0 Å². The number of nitrogens with one attached hydrogen (secondary N) is 1. The van der Waals surface area contributed by atoms with Crippen LogP contribution in [0.15, 0.2) is 33.7 Å². The smallest absolute Gasteiger partial charge is 0.226 e. The Morgan fingerprint density at radius 3 is 3.12 bits per heavy atom. The molecule has 3 rings (SSSR count). The Kier molecular flexibility index (Phi) is 5.91. The van der Waals surface area contributed by atoms with E-state index >= 15 is 0 Å². The van der Waals surface area contributed by atoms with Gasteiger partial charge in [0.05, 0.1) is 6.04 Å². The highest BCUT2D eigenvalue weighted by atomic mass is 32.2. The number of aromatic nitrogens is 2. The summed E-state index contributed by atoms with van der Waals surface area (Å²) >= 11 is 1.86. The van der Waals surface area contributed by atoms with E-state index in [-0.39, 0.29) is 11.9 Å². The second kappa shape index (κ2) is 8.33. The van der Waals surface area contributed by atoms with E-state index in [1.54, 1.807) is 0 Å². The summed E-state index contributed by atoms with van der Waals surface area (Å²) in [6.45, 7) is 2.09. The predicted octanol–water partition coefficient (Wildman–Crippen LogP) is 3.70. The summed E-state index contributed by atoms with van der Waals surface area (Å²) in [5, 5.41) is 7.10. The van der Waals surface area contributed by atoms with Crippen LogP contribution < -0.4 is 5.32 Å². The minimum absolute atomic E-state index is 0.0926. The molecule has 1 amide bonds. The van der Waals surface area contributed by atoms with Crippen LogP contribution in [0.1, 0.15) is 55.9 Å². The summed E-state index contributed by atoms with van der Waals surface area (Å²) in [4.78, 5) is 17.8. The molecule has 1 atom stereocenters. The van der Waals surface area contributed by atoms with Crippen molar-refractivity contribution in [2.45, 2.75) is 56.4 Å². The molecule has 1 aromatic heterocycles. The quantitative estimate of drug-likeness (QED) is 0.829. The van der Waals surface area contributed by atoms with E-state index in [0.29, 0.717) is 18.7 Å². The minimum atomic E-state index is 0.0926. The summed E-state index contributed by atoms with van der Waals surface area (Å²) in [6, 6.07) is 8.46. The van der Waals surface area contributed by atoms with Crippen LogP contribution >= 0.6 is 11.8 Å². The maximum absolute atomic E-state index is 12.2. The molecule has 2 heterocycles. The van der Waals surface area contributed by atoms with Gasteiger partial charge in [0.1, 0.15) is 0 Å². The molecule has 1 unspecified atom stereocenters. The highest BCUT2D eigenvalue weighted by molar-refractivity contribution is 7.99. The van der Waals surface area contributed by atoms with Crippen molar-refractivity contribution in [1.82, 2.24) is 15.5 Å². The van der Waals surface area contributed by atoms with Gasteiger partial charge < -0.3 is 9.84 Å². The molecule has 0 saturated heterocycles. The van der Waals surface area contributed by atoms with Gasteiger partial charge in [0, 0.05) is 29.9 Å². The Bertz CT molecular complexity index is 686. The molecule has 1 aliphatic heterocycles. The molecule has 1 aromatic carbocycles. The fourth-order valence-electron chi connectivity index (χ4n) is 2.88. The van der Waals surface area contributed by atoms with Gasteiger partial charge >= 0.3 is 0 Å². The average Bonchev–Trinajstić information content (AvgIpc) is 3.03. The van der Waals surface area contributed by atoms with Crippen LogP contribution in [0.25, 0.3) is 0 Å². The van der Waals surface area contributed by atoms with Crippen LogP contribution in [-0.4, -0.2) is 21.8 Å². The van der Waals surface area contributed by atoms with Crippen LogP contribution in [0.4, 0.5) is 0 Å². The molecular weight excluding hydrogens is 322 g/mol. The number of hydrogen-bond donors (Lipinski definition) is 1. The second-order valence-corrected chi connectivity index (χ2v) is 7.14. The largest absolute Gasteiger partial charge is 0.349 e. The third-order valence-corrected chi connectivity index (χ3v) is 5.19. The van der Waals surface area contributed by atoms with Gasteiger partial charge in [-0.1, -0.05) is 30.3 Å². The number of fused-ring (bicyclic) bond motifs is 1. The van der Waals surface area contributed by atoms with Gasteiger partial charge in [-0.05, 0) is 30.9 Å². The van der Waals surface area contributed by atoms with Crippen molar-refractivity contribution >= 4 is 17.7 Å². The highest BCUT2D eigenvalue weighted by Crippen LogP contribution is 2.35. The number of nitrogens with zero attached hydrogens (tertiary/aromatic N) is 2. The number of carbonyl (C=O) groups is 1. The molecule has 1 N–H and O–H groups in total. The SMILES string of the molecule is CCCc1noc(CCCC(=O)NC2CCSc3ccccc32)n1. The van der Waals surface area contributed by atoms with Gasteiger partial charge in [-0.3, -0.25) is 4.79 Å². The molecule has 0 bridgehead atoms. The van der Waals surface area contributed by atoms with Crippen LogP contribution in [-0.2, 0) is 17.6 Å². The second-order valence-electron chi connectivity index (χ2n) is 6.00. The molecule has 0 fully saturated rings. The third kappa shape index (κ3) is 4.38. The van der Waals surface area contributed by atoms with Crippen molar-refractivity contribution in [2.24, 2.45) is 0 Å². The van der Waals surface area contributed by atoms with Crippen molar-refractivity contribution < 1.29 is 9.32 Å². The van der Waals surface area contributed by atoms with Gasteiger partial charge in [-0.15, -0.1) is 11.8 Å². The maximum Gasteiger partial charge on any atom is 0.226 e. The van der Waals surface area contributed by atoms with E-state index in [4.69, 9.17) is 4.52 Å². The molecule has 5 nitrogen and oxygen atoms in total. The first-order chi connectivity index (χ1) is 11.8. The van der Waals surface area contributed by atoms with E-state index in [1.165, 1.54) is 10.5 Å². The van der Waals surface area contributed by atoms with Crippen LogP contribution in [0.2, 0.25) is 0 Å². The lowest BCUT2D eigenvalue weighted by molar-refractivity contribution is -0.122. The Balaban J connectivity index is 1.46. The van der Waals surface area contributed by atoms with Crippen molar-refractivity contribution in [1.29, 1.82) is 0 Å². The zero-order chi connectivity index (χ0) is 16.8. The van der Waals surface area contributed by atoms with E-state index in [1.807, 2.05) is 23.9 Å². The number of hydrogen-bond acceptors (Lipinski definition) is 5. The van der Waals surface area contributed by atoms with E-state index in [0.717, 1.165) is 37.3 Å². The van der Waals surface area contributed by atoms with Gasteiger partial charge in [-0.25, -0.2) is 0 Å². The lowest BCUT2D eigenvalue weighted by Gasteiger charge is -2.25. The molecule has 1 aliphatic rings. The van der Waals surface area contributed by atoms with Crippen molar-refractivity contribution in [3.63, 3.8) is 0 Å². The zero-order valence-electron chi connectivity index (χ0n) is 14.0. The number of thioether (sulfide) groups is 1. The van der Waals surface area contributed by atoms with Crippen molar-refractivity contribution in [3.8, 4) is 0 Å². The number of aryl methyl sites for hydroxylation is 2. The van der Waals surface area contributed by atoms with E-state index < -0.39 is 0 Å². The first-order valence-corrected chi connectivity index (χ1v) is 9.57. The van der Waals surface area contributed by atoms with Crippen molar-refractivity contribution in [2.75, 3.05) is 5.75 Å². The fraction of sp³-hybridized carbons (Fsp3) is 0.500. The standard InChI is InChI=1S/C18H23N3O2S/c1-2-6-16-20-18(23-21-16)10-5-9-17(22)19-14-11-12-24-15-8-4-3-7-13(14)15/h3-4,7-8,14H,2,5-6,9-12H2,1H3,(H,19,22). The lowest BCUT2D eigenvalue weighted by atomic mass is 10.0. The maximum atomic E-state index is 12.2. The number of amides is 1. The molecule has 0 aliphatic carbocycles. The number of carbonyl (C=O) groups excluding carboxylic acids is 1. The van der Waals surface area contributed by atoms with Gasteiger partial charge in [0.15, 0.2) is 5.82 Å². The molecule has 2 aromatic rings. The third-order valence-electron chi connectivity index (χ3n) is 4.07. The van der Waals surface area contributed by atoms with Gasteiger partial charge in [0.25, 0.3) is 0 Å². The van der Waals surface area contributed by atoms with Crippen LogP contribution in [0.5, 0.6) is 0 Å². The molecule has 0 radical (unpaired) electrons. The molecule has 0 saturated carbocycles. The summed E-state index contributed by atoms with van der Waals surface area (Å²) in [5.74, 6) is 2.53. The van der Waals surface area contributed by atoms with Gasteiger partial charge in [0.2, 0.25) is 11.8 Å². The molecule has 128 valence electrons. The fourth-order valence-corrected chi connectivity index (χ4v) is 4.00. The number of benzene rings is 1. The average molecular weight is 345 g/mol. The summed E-state index contributed by atoms with van der Waals surface area (Å²) in [6.07, 6.45) is 4.68. The minimum Gasteiger partial charge on any atom is -0.349 e. The first-order valence-electron chi connectivity index (χ1n) is 8.59. The molecule has 6 heteroatoms. The Morgan fingerprint density at radius 1 is 1.38 bits per heavy atom. The number of rotatable bonds is 7. The normalized spacial score (nSPS) is 16.6. The summed E-state index contributed by atoms with van der Waals surface area (Å²) in [5.41, 5.74) is 1.24. The summed E-state index contributed by atoms with van der Waals surface area (Å²) in [7, 11) is 0. The lowest BCUT2D eigenvalue weighted by Crippen LogP contribution is -2.30. The predicted molar refractivity (Wildman–Crippen MR) is 93.9 cm³/mol. The van der Waals surface area contributed by atoms with Crippen LogP contribution in [0.3, 0.4) is 0 Å². The van der Waals surface area contributed by atoms with Crippen molar-refractivity contribution in [3.05, 3.63) is 41.5 Å². The highest BCUT2D eigenvalue weighted by Gasteiger charge is 2.21. The van der Waals surface area contributed by atoms with E-state index in [2.05, 4.69) is 34.5 Å². The molecule has 24 heavy (non-hydrogen) atoms. The Morgan fingerprint density at radius 2 is 2.25 bits per heavy atom. The Hall–Kier alpha value is -1.82. The Labute approximate surface area is 146 Å². The summed E-state index contributed by atoms with van der Waals surface area (Å²) < 4.78 is 5.20. The van der Waals surface area contributed by atoms with Gasteiger partial charge in [-0.2, -0.15) is 4.98 Å². The molecular formula is C18H23N3O2S. The van der Waals surface area contributed by atoms with Crippen LogP contribution in [0, 0.1) is 0 Å².